The Balaban J connectivity index is 1.28. The second-order valence-corrected chi connectivity index (χ2v) is 8.27. The second kappa shape index (κ2) is 8.50. The summed E-state index contributed by atoms with van der Waals surface area (Å²) < 4.78 is 1.43. The number of hydrogen-bond donors (Lipinski definition) is 2. The number of rotatable bonds is 5. The molecule has 0 aliphatic carbocycles. The minimum absolute atomic E-state index is 0.0687. The lowest BCUT2D eigenvalue weighted by Gasteiger charge is -2.29. The van der Waals surface area contributed by atoms with Gasteiger partial charge in [0.1, 0.15) is 18.3 Å². The van der Waals surface area contributed by atoms with Gasteiger partial charge in [0.25, 0.3) is 5.91 Å². The molecule has 4 amide bonds. The van der Waals surface area contributed by atoms with Gasteiger partial charge in [0.15, 0.2) is 0 Å². The largest absolute Gasteiger partial charge is 0.324 e. The lowest BCUT2D eigenvalue weighted by atomic mass is 10.0. The standard InChI is InChI=1S/C23H21N7O4/c1-13-5-6-14(9-24-13)18-11-29(28-27-18)12-21(32)25-17-4-2-3-15-16(17)10-30(23(15)34)19-7-8-20(31)26-22(19)33/h2-6,9,11,19H,7-8,10,12H2,1H3,(H,25,32)(H,26,31,33). The third kappa shape index (κ3) is 4.03. The molecule has 34 heavy (non-hydrogen) atoms. The maximum absolute atomic E-state index is 12.9. The molecule has 2 aliphatic rings. The quantitative estimate of drug-likeness (QED) is 0.544. The van der Waals surface area contributed by atoms with E-state index in [1.807, 2.05) is 19.1 Å². The predicted molar refractivity (Wildman–Crippen MR) is 119 cm³/mol. The van der Waals surface area contributed by atoms with E-state index in [1.54, 1.807) is 30.6 Å². The summed E-state index contributed by atoms with van der Waals surface area (Å²) in [5.74, 6) is -1.45. The second-order valence-electron chi connectivity index (χ2n) is 8.27. The van der Waals surface area contributed by atoms with Gasteiger partial charge in [0.05, 0.1) is 6.20 Å². The first-order valence-corrected chi connectivity index (χ1v) is 10.8. The first kappa shape index (κ1) is 21.4. The molecule has 11 nitrogen and oxygen atoms in total. The van der Waals surface area contributed by atoms with Crippen LogP contribution in [-0.2, 0) is 27.5 Å². The highest BCUT2D eigenvalue weighted by molar-refractivity contribution is 6.06. The zero-order valence-corrected chi connectivity index (χ0v) is 18.3. The van der Waals surface area contributed by atoms with E-state index in [2.05, 4.69) is 25.9 Å². The van der Waals surface area contributed by atoms with Crippen LogP contribution in [0, 0.1) is 6.92 Å². The average molecular weight is 459 g/mol. The first-order valence-electron chi connectivity index (χ1n) is 10.8. The molecule has 0 bridgehead atoms. The van der Waals surface area contributed by atoms with Crippen LogP contribution in [0.2, 0.25) is 0 Å². The Hall–Kier alpha value is -4.41. The number of anilines is 1. The van der Waals surface area contributed by atoms with E-state index in [4.69, 9.17) is 0 Å². The summed E-state index contributed by atoms with van der Waals surface area (Å²) in [5, 5.41) is 13.2. The zero-order valence-electron chi connectivity index (χ0n) is 18.3. The number of carbonyl (C=O) groups excluding carboxylic acids is 4. The summed E-state index contributed by atoms with van der Waals surface area (Å²) in [6, 6.07) is 8.09. The van der Waals surface area contributed by atoms with Crippen LogP contribution in [0.3, 0.4) is 0 Å². The lowest BCUT2D eigenvalue weighted by Crippen LogP contribution is -2.52. The molecule has 1 atom stereocenters. The summed E-state index contributed by atoms with van der Waals surface area (Å²) in [7, 11) is 0. The molecule has 0 saturated carbocycles. The number of aromatic nitrogens is 4. The third-order valence-corrected chi connectivity index (χ3v) is 5.91. The Labute approximate surface area is 194 Å². The van der Waals surface area contributed by atoms with Crippen molar-refractivity contribution in [3.05, 3.63) is 59.5 Å². The number of aryl methyl sites for hydroxylation is 1. The molecular weight excluding hydrogens is 438 g/mol. The Kier molecular flexibility index (Phi) is 5.36. The van der Waals surface area contributed by atoms with Gasteiger partial charge in [-0.1, -0.05) is 11.3 Å². The summed E-state index contributed by atoms with van der Waals surface area (Å²) in [4.78, 5) is 55.0. The van der Waals surface area contributed by atoms with Gasteiger partial charge in [0, 0.05) is 47.2 Å². The van der Waals surface area contributed by atoms with Crippen LogP contribution < -0.4 is 10.6 Å². The lowest BCUT2D eigenvalue weighted by molar-refractivity contribution is -0.137. The minimum Gasteiger partial charge on any atom is -0.324 e. The van der Waals surface area contributed by atoms with Crippen LogP contribution in [0.5, 0.6) is 0 Å². The molecule has 5 rings (SSSR count). The molecule has 1 saturated heterocycles. The molecule has 11 heteroatoms. The Bertz CT molecular complexity index is 1320. The van der Waals surface area contributed by atoms with Crippen molar-refractivity contribution >= 4 is 29.3 Å². The molecule has 172 valence electrons. The van der Waals surface area contributed by atoms with Gasteiger partial charge >= 0.3 is 0 Å². The highest BCUT2D eigenvalue weighted by Crippen LogP contribution is 2.32. The van der Waals surface area contributed by atoms with Crippen molar-refractivity contribution in [2.45, 2.75) is 38.9 Å². The topological polar surface area (TPSA) is 139 Å². The zero-order chi connectivity index (χ0) is 23.8. The molecule has 1 aromatic carbocycles. The van der Waals surface area contributed by atoms with E-state index in [0.717, 1.165) is 11.3 Å². The fourth-order valence-corrected chi connectivity index (χ4v) is 4.17. The number of hydrogen-bond acceptors (Lipinski definition) is 7. The number of amides is 4. The molecule has 3 aromatic rings. The average Bonchev–Trinajstić information content (AvgIpc) is 3.40. The molecule has 2 aromatic heterocycles. The van der Waals surface area contributed by atoms with E-state index in [9.17, 15) is 19.2 Å². The smallest absolute Gasteiger partial charge is 0.255 e. The number of piperidine rings is 1. The number of nitrogens with zero attached hydrogens (tertiary/aromatic N) is 5. The van der Waals surface area contributed by atoms with Crippen LogP contribution >= 0.6 is 0 Å². The molecule has 0 spiro atoms. The van der Waals surface area contributed by atoms with Crippen LogP contribution in [-0.4, -0.2) is 54.5 Å². The van der Waals surface area contributed by atoms with Crippen molar-refractivity contribution in [3.8, 4) is 11.3 Å². The highest BCUT2D eigenvalue weighted by atomic mass is 16.2. The summed E-state index contributed by atoms with van der Waals surface area (Å²) in [6.07, 6.45) is 3.81. The Morgan fingerprint density at radius 1 is 1.21 bits per heavy atom. The van der Waals surface area contributed by atoms with Crippen LogP contribution in [0.4, 0.5) is 5.69 Å². The molecule has 2 N–H and O–H groups in total. The van der Waals surface area contributed by atoms with Gasteiger partial charge in [-0.2, -0.15) is 0 Å². The minimum atomic E-state index is -0.717. The van der Waals surface area contributed by atoms with E-state index in [-0.39, 0.29) is 43.7 Å². The normalized spacial score (nSPS) is 17.5. The maximum atomic E-state index is 12.9. The van der Waals surface area contributed by atoms with Crippen LogP contribution in [0.15, 0.2) is 42.7 Å². The van der Waals surface area contributed by atoms with Crippen molar-refractivity contribution in [1.82, 2.24) is 30.2 Å². The first-order chi connectivity index (χ1) is 16.4. The Morgan fingerprint density at radius 3 is 2.82 bits per heavy atom. The van der Waals surface area contributed by atoms with E-state index < -0.39 is 11.9 Å². The van der Waals surface area contributed by atoms with Crippen LogP contribution in [0.1, 0.15) is 34.5 Å². The summed E-state index contributed by atoms with van der Waals surface area (Å²) in [5.41, 5.74) is 3.85. The molecular formula is C23H21N7O4. The van der Waals surface area contributed by atoms with Crippen molar-refractivity contribution in [2.24, 2.45) is 0 Å². The molecule has 4 heterocycles. The van der Waals surface area contributed by atoms with Crippen molar-refractivity contribution in [1.29, 1.82) is 0 Å². The maximum Gasteiger partial charge on any atom is 0.255 e. The Morgan fingerprint density at radius 2 is 2.06 bits per heavy atom. The fraction of sp³-hybridized carbons (Fsp3) is 0.261. The van der Waals surface area contributed by atoms with Crippen molar-refractivity contribution in [2.75, 3.05) is 5.32 Å². The SMILES string of the molecule is Cc1ccc(-c2cn(CC(=O)Nc3cccc4c3CN(C3CCC(=O)NC3=O)C4=O)nn2)cn1. The number of pyridine rings is 1. The van der Waals surface area contributed by atoms with Crippen LogP contribution in [0.25, 0.3) is 11.3 Å². The van der Waals surface area contributed by atoms with Gasteiger partial charge in [0.2, 0.25) is 17.7 Å². The van der Waals surface area contributed by atoms with E-state index >= 15 is 0 Å². The molecule has 1 unspecified atom stereocenters. The third-order valence-electron chi connectivity index (χ3n) is 5.91. The fourth-order valence-electron chi connectivity index (χ4n) is 4.17. The van der Waals surface area contributed by atoms with E-state index in [0.29, 0.717) is 22.5 Å². The highest BCUT2D eigenvalue weighted by Gasteiger charge is 2.39. The predicted octanol–water partition coefficient (Wildman–Crippen LogP) is 1.05. The number of nitrogens with one attached hydrogen (secondary N) is 2. The van der Waals surface area contributed by atoms with Crippen molar-refractivity contribution < 1.29 is 19.2 Å². The molecule has 0 radical (unpaired) electrons. The monoisotopic (exact) mass is 459 g/mol. The molecule has 1 fully saturated rings. The van der Waals surface area contributed by atoms with Gasteiger partial charge in [-0.3, -0.25) is 29.5 Å². The van der Waals surface area contributed by atoms with Gasteiger partial charge in [-0.15, -0.1) is 5.10 Å². The van der Waals surface area contributed by atoms with Gasteiger partial charge < -0.3 is 10.2 Å². The molecule has 2 aliphatic heterocycles. The number of imide groups is 1. The van der Waals surface area contributed by atoms with Gasteiger partial charge in [-0.05, 0) is 37.6 Å². The summed E-state index contributed by atoms with van der Waals surface area (Å²) in [6.45, 7) is 1.99. The van der Waals surface area contributed by atoms with Gasteiger partial charge in [-0.25, -0.2) is 4.68 Å². The number of carbonyl (C=O) groups is 4. The van der Waals surface area contributed by atoms with E-state index in [1.165, 1.54) is 9.58 Å². The number of fused-ring (bicyclic) bond motifs is 1. The number of benzene rings is 1. The van der Waals surface area contributed by atoms with Crippen molar-refractivity contribution in [3.63, 3.8) is 0 Å². The summed E-state index contributed by atoms with van der Waals surface area (Å²) >= 11 is 0.